The molecular formula is C25H36N4O4S. The first-order chi connectivity index (χ1) is 15.7. The Labute approximate surface area is 203 Å². The Bertz CT molecular complexity index is 1100. The highest BCUT2D eigenvalue weighted by Gasteiger charge is 2.33. The lowest BCUT2D eigenvalue weighted by Gasteiger charge is -2.34. The number of carbonyl (C=O) groups excluding carboxylic acids is 2. The minimum absolute atomic E-state index is 0.175. The molecule has 0 radical (unpaired) electrons. The van der Waals surface area contributed by atoms with Gasteiger partial charge in [0.15, 0.2) is 0 Å². The third-order valence-corrected chi connectivity index (χ3v) is 7.15. The van der Waals surface area contributed by atoms with Crippen LogP contribution in [0, 0.1) is 6.92 Å². The van der Waals surface area contributed by atoms with Gasteiger partial charge in [0.25, 0.3) is 0 Å². The first-order valence-electron chi connectivity index (χ1n) is 11.2. The summed E-state index contributed by atoms with van der Waals surface area (Å²) in [7, 11) is -1.12. The van der Waals surface area contributed by atoms with E-state index in [0.717, 1.165) is 19.7 Å². The van der Waals surface area contributed by atoms with Gasteiger partial charge in [0, 0.05) is 26.2 Å². The molecule has 0 saturated heterocycles. The molecule has 2 aromatic carbocycles. The lowest BCUT2D eigenvalue weighted by molar-refractivity contribution is -0.140. The smallest absolute Gasteiger partial charge is 0.304 e. The summed E-state index contributed by atoms with van der Waals surface area (Å²) in [6.07, 6.45) is 0. The summed E-state index contributed by atoms with van der Waals surface area (Å²) in [4.78, 5) is 28.1. The molecule has 0 aliphatic rings. The van der Waals surface area contributed by atoms with Gasteiger partial charge in [0.1, 0.15) is 12.6 Å². The maximum atomic E-state index is 13.6. The summed E-state index contributed by atoms with van der Waals surface area (Å²) in [6.45, 7) is 8.93. The number of hydrogen-bond donors (Lipinski definition) is 1. The van der Waals surface area contributed by atoms with Gasteiger partial charge in [-0.05, 0) is 57.9 Å². The Morgan fingerprint density at radius 3 is 2.06 bits per heavy atom. The molecule has 0 spiro atoms. The van der Waals surface area contributed by atoms with Crippen LogP contribution < -0.4 is 9.62 Å². The van der Waals surface area contributed by atoms with Gasteiger partial charge in [-0.1, -0.05) is 42.5 Å². The molecule has 34 heavy (non-hydrogen) atoms. The van der Waals surface area contributed by atoms with Crippen LogP contribution in [0.2, 0.25) is 0 Å². The maximum Gasteiger partial charge on any atom is 0.304 e. The van der Waals surface area contributed by atoms with Crippen LogP contribution in [0.1, 0.15) is 38.8 Å². The number of para-hydroxylation sites is 1. The Morgan fingerprint density at radius 1 is 0.971 bits per heavy atom. The van der Waals surface area contributed by atoms with Crippen molar-refractivity contribution in [3.63, 3.8) is 0 Å². The first kappa shape index (κ1) is 27.3. The van der Waals surface area contributed by atoms with E-state index in [1.807, 2.05) is 52.0 Å². The zero-order valence-corrected chi connectivity index (χ0v) is 21.9. The molecule has 0 saturated carbocycles. The van der Waals surface area contributed by atoms with E-state index in [0.29, 0.717) is 5.69 Å². The van der Waals surface area contributed by atoms with Gasteiger partial charge in [-0.3, -0.25) is 9.59 Å². The molecule has 186 valence electrons. The molecule has 1 N–H and O–H groups in total. The number of anilines is 1. The molecule has 0 fully saturated rings. The van der Waals surface area contributed by atoms with Crippen LogP contribution in [-0.2, 0) is 26.3 Å². The van der Waals surface area contributed by atoms with E-state index in [2.05, 4.69) is 5.32 Å². The fraction of sp³-hybridized carbons (Fsp3) is 0.440. The van der Waals surface area contributed by atoms with Crippen molar-refractivity contribution in [3.05, 3.63) is 65.7 Å². The zero-order chi connectivity index (χ0) is 25.7. The summed E-state index contributed by atoms with van der Waals surface area (Å²) in [5.41, 5.74) is 1.75. The lowest BCUT2D eigenvalue weighted by Crippen LogP contribution is -2.55. The topological polar surface area (TPSA) is 90.0 Å². The van der Waals surface area contributed by atoms with Gasteiger partial charge in [-0.25, -0.2) is 4.31 Å². The fourth-order valence-electron chi connectivity index (χ4n) is 3.34. The van der Waals surface area contributed by atoms with Crippen LogP contribution in [0.4, 0.5) is 5.69 Å². The number of hydrogen-bond acceptors (Lipinski definition) is 4. The molecule has 9 heteroatoms. The van der Waals surface area contributed by atoms with E-state index in [-0.39, 0.29) is 12.5 Å². The Morgan fingerprint density at radius 2 is 1.53 bits per heavy atom. The summed E-state index contributed by atoms with van der Waals surface area (Å²) < 4.78 is 28.3. The maximum absolute atomic E-state index is 13.6. The first-order valence-corrected chi connectivity index (χ1v) is 12.5. The van der Waals surface area contributed by atoms with E-state index < -0.39 is 34.2 Å². The number of benzene rings is 2. The predicted octanol–water partition coefficient (Wildman–Crippen LogP) is 2.94. The van der Waals surface area contributed by atoms with Crippen LogP contribution in [0.25, 0.3) is 0 Å². The van der Waals surface area contributed by atoms with Gasteiger partial charge < -0.3 is 10.2 Å². The normalized spacial score (nSPS) is 12.8. The quantitative estimate of drug-likeness (QED) is 0.588. The summed E-state index contributed by atoms with van der Waals surface area (Å²) in [5, 5.41) is 2.92. The van der Waals surface area contributed by atoms with Crippen molar-refractivity contribution >= 4 is 27.7 Å². The summed E-state index contributed by atoms with van der Waals surface area (Å²) >= 11 is 0. The van der Waals surface area contributed by atoms with Crippen LogP contribution in [0.5, 0.6) is 0 Å². The van der Waals surface area contributed by atoms with Crippen molar-refractivity contribution in [2.24, 2.45) is 0 Å². The molecule has 2 aromatic rings. The molecule has 0 aliphatic heterocycles. The number of rotatable bonds is 9. The van der Waals surface area contributed by atoms with Gasteiger partial charge in [-0.2, -0.15) is 12.7 Å². The Hall–Kier alpha value is -2.91. The van der Waals surface area contributed by atoms with Crippen molar-refractivity contribution in [3.8, 4) is 0 Å². The minimum atomic E-state index is -3.96. The van der Waals surface area contributed by atoms with Crippen LogP contribution in [0.3, 0.4) is 0 Å². The average molecular weight is 489 g/mol. The fourth-order valence-corrected chi connectivity index (χ4v) is 4.39. The van der Waals surface area contributed by atoms with Crippen molar-refractivity contribution in [1.29, 1.82) is 0 Å². The summed E-state index contributed by atoms with van der Waals surface area (Å²) in [6, 6.07) is 15.3. The highest BCUT2D eigenvalue weighted by Crippen LogP contribution is 2.21. The second-order valence-electron chi connectivity index (χ2n) is 9.50. The van der Waals surface area contributed by atoms with Crippen LogP contribution in [-0.4, -0.2) is 61.7 Å². The van der Waals surface area contributed by atoms with E-state index in [9.17, 15) is 18.0 Å². The third kappa shape index (κ3) is 7.04. The number of aryl methyl sites for hydroxylation is 1. The molecule has 0 aliphatic carbocycles. The summed E-state index contributed by atoms with van der Waals surface area (Å²) in [5.74, 6) is -0.787. The molecule has 1 atom stereocenters. The number of nitrogens with zero attached hydrogens (tertiary/aromatic N) is 3. The number of amides is 2. The molecule has 8 nitrogen and oxygen atoms in total. The lowest BCUT2D eigenvalue weighted by atomic mass is 10.1. The second-order valence-corrected chi connectivity index (χ2v) is 11.6. The highest BCUT2D eigenvalue weighted by molar-refractivity contribution is 7.90. The van der Waals surface area contributed by atoms with Gasteiger partial charge in [0.2, 0.25) is 11.8 Å². The van der Waals surface area contributed by atoms with Gasteiger partial charge in [0.05, 0.1) is 5.69 Å². The predicted molar refractivity (Wildman–Crippen MR) is 135 cm³/mol. The molecular weight excluding hydrogens is 452 g/mol. The highest BCUT2D eigenvalue weighted by atomic mass is 32.2. The molecule has 2 amide bonds. The van der Waals surface area contributed by atoms with Crippen molar-refractivity contribution in [1.82, 2.24) is 14.5 Å². The van der Waals surface area contributed by atoms with Crippen molar-refractivity contribution < 1.29 is 18.0 Å². The Balaban J connectivity index is 2.46. The SMILES string of the molecule is Cc1ccccc1CN(C(=O)CN(c1ccccc1)S(=O)(=O)N(C)C)[C@H](C)C(=O)NC(C)(C)C. The molecule has 0 aromatic heterocycles. The molecule has 0 bridgehead atoms. The van der Waals surface area contributed by atoms with Crippen molar-refractivity contribution in [2.75, 3.05) is 24.9 Å². The standard InChI is InChI=1S/C25H36N4O4S/c1-19-13-11-12-14-21(19)17-28(20(2)24(31)26-25(3,4)5)23(30)18-29(34(32,33)27(6)7)22-15-9-8-10-16-22/h8-16,20H,17-18H2,1-7H3,(H,26,31)/t20-/m1/s1. The van der Waals surface area contributed by atoms with Gasteiger partial charge in [-0.15, -0.1) is 0 Å². The molecule has 0 unspecified atom stereocenters. The van der Waals surface area contributed by atoms with Crippen LogP contribution in [0.15, 0.2) is 54.6 Å². The van der Waals surface area contributed by atoms with Crippen LogP contribution >= 0.6 is 0 Å². The number of nitrogens with one attached hydrogen (secondary N) is 1. The minimum Gasteiger partial charge on any atom is -0.350 e. The number of carbonyl (C=O) groups is 2. The van der Waals surface area contributed by atoms with E-state index in [1.165, 1.54) is 19.0 Å². The second kappa shape index (κ2) is 11.0. The molecule has 2 rings (SSSR count). The van der Waals surface area contributed by atoms with E-state index in [4.69, 9.17) is 0 Å². The monoisotopic (exact) mass is 488 g/mol. The van der Waals surface area contributed by atoms with E-state index >= 15 is 0 Å². The van der Waals surface area contributed by atoms with E-state index in [1.54, 1.807) is 37.3 Å². The zero-order valence-electron chi connectivity index (χ0n) is 21.1. The average Bonchev–Trinajstić information content (AvgIpc) is 2.75. The molecule has 0 heterocycles. The third-order valence-electron chi connectivity index (χ3n) is 5.33. The largest absolute Gasteiger partial charge is 0.350 e. The Kier molecular flexibility index (Phi) is 8.85. The van der Waals surface area contributed by atoms with Crippen molar-refractivity contribution in [2.45, 2.75) is 52.7 Å². The van der Waals surface area contributed by atoms with Gasteiger partial charge >= 0.3 is 10.2 Å².